The van der Waals surface area contributed by atoms with Crippen LogP contribution >= 0.6 is 41.4 Å². The Morgan fingerprint density at radius 2 is 1.82 bits per heavy atom. The average Bonchev–Trinajstić information content (AvgIpc) is 1.88. The zero-order valence-electron chi connectivity index (χ0n) is 5.49. The Balaban J connectivity index is 0.000001000. The van der Waals surface area contributed by atoms with Crippen molar-refractivity contribution < 1.29 is 4.57 Å². The van der Waals surface area contributed by atoms with E-state index in [0.29, 0.717) is 0 Å². The molecule has 1 aromatic carbocycles. The van der Waals surface area contributed by atoms with Crippen LogP contribution in [0.3, 0.4) is 0 Å². The molecule has 11 heavy (non-hydrogen) atoms. The summed E-state index contributed by atoms with van der Waals surface area (Å²) in [6, 6.07) is 9.47. The van der Waals surface area contributed by atoms with E-state index in [0.717, 1.165) is 4.90 Å². The molecular weight excluding hydrogens is 222 g/mol. The minimum absolute atomic E-state index is 0. The van der Waals surface area contributed by atoms with E-state index >= 15 is 0 Å². The van der Waals surface area contributed by atoms with Gasteiger partial charge in [0.05, 0.1) is 0 Å². The Hall–Kier alpha value is 0.380. The topological polar surface area (TPSA) is 17.1 Å². The number of benzene rings is 1. The summed E-state index contributed by atoms with van der Waals surface area (Å²) in [6.45, 7) is 0. The first-order valence-electron chi connectivity index (χ1n) is 2.71. The third-order valence-electron chi connectivity index (χ3n) is 0.941. The molecule has 0 saturated carbocycles. The maximum absolute atomic E-state index is 10.5. The Morgan fingerprint density at radius 3 is 2.27 bits per heavy atom. The van der Waals surface area contributed by atoms with Crippen LogP contribution in [-0.2, 0) is 4.57 Å². The van der Waals surface area contributed by atoms with Crippen LogP contribution < -0.4 is 0 Å². The molecule has 0 aromatic heterocycles. The lowest BCUT2D eigenvalue weighted by atomic mass is 10.4. The second-order valence-electron chi connectivity index (χ2n) is 1.65. The largest absolute Gasteiger partial charge is 0.298 e. The molecule has 0 bridgehead atoms. The Kier molecular flexibility index (Phi) is 6.16. The van der Waals surface area contributed by atoms with E-state index in [4.69, 9.17) is 11.2 Å². The second kappa shape index (κ2) is 5.96. The summed E-state index contributed by atoms with van der Waals surface area (Å²) in [5.74, 6) is 0. The molecule has 0 amide bonds. The van der Waals surface area contributed by atoms with Gasteiger partial charge in [-0.3, -0.25) is 4.57 Å². The SMILES string of the molecule is Cl.O=[PH](Cl)Sc1ccccc1. The van der Waals surface area contributed by atoms with E-state index in [1.807, 2.05) is 30.3 Å². The van der Waals surface area contributed by atoms with E-state index in [1.54, 1.807) is 0 Å². The second-order valence-corrected chi connectivity index (χ2v) is 6.23. The summed E-state index contributed by atoms with van der Waals surface area (Å²) in [7, 11) is 0. The molecule has 0 fully saturated rings. The van der Waals surface area contributed by atoms with Crippen LogP contribution in [0, 0.1) is 0 Å². The highest BCUT2D eigenvalue weighted by atomic mass is 35.7. The molecule has 0 aliphatic rings. The molecule has 0 N–H and O–H groups in total. The quantitative estimate of drug-likeness (QED) is 0.717. The van der Waals surface area contributed by atoms with Crippen LogP contribution in [0.25, 0.3) is 0 Å². The number of hydrogen-bond acceptors (Lipinski definition) is 2. The van der Waals surface area contributed by atoms with Gasteiger partial charge in [-0.2, -0.15) is 0 Å². The number of rotatable bonds is 2. The maximum Gasteiger partial charge on any atom is 0.215 e. The van der Waals surface area contributed by atoms with Crippen LogP contribution in [-0.4, -0.2) is 0 Å². The van der Waals surface area contributed by atoms with Crippen molar-refractivity contribution in [1.29, 1.82) is 0 Å². The Labute approximate surface area is 81.3 Å². The van der Waals surface area contributed by atoms with Gasteiger partial charge in [0.2, 0.25) is 6.36 Å². The molecule has 1 aromatic rings. The van der Waals surface area contributed by atoms with Gasteiger partial charge in [0.15, 0.2) is 0 Å². The van der Waals surface area contributed by atoms with Crippen LogP contribution in [0.1, 0.15) is 0 Å². The monoisotopic (exact) mass is 228 g/mol. The third-order valence-corrected chi connectivity index (χ3v) is 3.49. The van der Waals surface area contributed by atoms with E-state index in [1.165, 1.54) is 11.4 Å². The number of halogens is 2. The Morgan fingerprint density at radius 1 is 1.27 bits per heavy atom. The van der Waals surface area contributed by atoms with Crippen molar-refractivity contribution in [3.63, 3.8) is 0 Å². The van der Waals surface area contributed by atoms with Crippen molar-refractivity contribution >= 4 is 41.4 Å². The molecule has 0 spiro atoms. The van der Waals surface area contributed by atoms with Gasteiger partial charge in [-0.15, -0.1) is 12.4 Å². The zero-order valence-corrected chi connectivity index (χ0v) is 8.88. The molecule has 0 aliphatic heterocycles. The first-order valence-corrected chi connectivity index (χ1v) is 6.67. The summed E-state index contributed by atoms with van der Waals surface area (Å²) in [6.07, 6.45) is -1.95. The van der Waals surface area contributed by atoms with Gasteiger partial charge >= 0.3 is 0 Å². The maximum atomic E-state index is 10.5. The lowest BCUT2D eigenvalue weighted by Crippen LogP contribution is -1.61. The van der Waals surface area contributed by atoms with Crippen LogP contribution in [0.5, 0.6) is 0 Å². The van der Waals surface area contributed by atoms with Gasteiger partial charge in [-0.25, -0.2) is 0 Å². The van der Waals surface area contributed by atoms with E-state index in [9.17, 15) is 4.57 Å². The van der Waals surface area contributed by atoms with Gasteiger partial charge in [0.25, 0.3) is 0 Å². The Bertz CT molecular complexity index is 229. The van der Waals surface area contributed by atoms with E-state index in [2.05, 4.69) is 0 Å². The summed E-state index contributed by atoms with van der Waals surface area (Å²) in [4.78, 5) is 0.960. The molecule has 1 rings (SSSR count). The van der Waals surface area contributed by atoms with Crippen molar-refractivity contribution in [2.24, 2.45) is 0 Å². The van der Waals surface area contributed by atoms with Crippen LogP contribution in [0.2, 0.25) is 0 Å². The predicted octanol–water partition coefficient (Wildman–Crippen LogP) is 3.83. The van der Waals surface area contributed by atoms with Crippen molar-refractivity contribution in [2.45, 2.75) is 4.90 Å². The summed E-state index contributed by atoms with van der Waals surface area (Å²) >= 11 is 6.53. The van der Waals surface area contributed by atoms with Crippen molar-refractivity contribution in [1.82, 2.24) is 0 Å². The fourth-order valence-corrected chi connectivity index (χ4v) is 2.83. The highest BCUT2D eigenvalue weighted by molar-refractivity contribution is 8.58. The summed E-state index contributed by atoms with van der Waals surface area (Å²) < 4.78 is 10.5. The molecular formula is C6H7Cl2OPS. The van der Waals surface area contributed by atoms with Crippen LogP contribution in [0.4, 0.5) is 0 Å². The summed E-state index contributed by atoms with van der Waals surface area (Å²) in [5, 5.41) is 0. The minimum atomic E-state index is -1.95. The molecule has 1 nitrogen and oxygen atoms in total. The molecule has 0 saturated heterocycles. The van der Waals surface area contributed by atoms with E-state index in [-0.39, 0.29) is 12.4 Å². The van der Waals surface area contributed by atoms with Gasteiger partial charge in [0.1, 0.15) is 0 Å². The first-order chi connectivity index (χ1) is 4.79. The average molecular weight is 229 g/mol. The van der Waals surface area contributed by atoms with Crippen LogP contribution in [0.15, 0.2) is 35.2 Å². The summed E-state index contributed by atoms with van der Waals surface area (Å²) in [5.41, 5.74) is 0. The highest BCUT2D eigenvalue weighted by Crippen LogP contribution is 2.47. The predicted molar refractivity (Wildman–Crippen MR) is 54.4 cm³/mol. The molecule has 62 valence electrons. The van der Waals surface area contributed by atoms with Gasteiger partial charge < -0.3 is 0 Å². The van der Waals surface area contributed by atoms with Crippen molar-refractivity contribution in [2.75, 3.05) is 0 Å². The molecule has 0 radical (unpaired) electrons. The van der Waals surface area contributed by atoms with E-state index < -0.39 is 6.36 Å². The van der Waals surface area contributed by atoms with Gasteiger partial charge in [0, 0.05) is 4.90 Å². The molecule has 0 aliphatic carbocycles. The lowest BCUT2D eigenvalue weighted by molar-refractivity contribution is 0.603. The molecule has 5 heteroatoms. The normalized spacial score (nSPS) is 11.7. The van der Waals surface area contributed by atoms with Gasteiger partial charge in [-0.05, 0) is 34.8 Å². The molecule has 1 unspecified atom stereocenters. The molecule has 1 atom stereocenters. The zero-order chi connectivity index (χ0) is 7.40. The molecule has 0 heterocycles. The minimum Gasteiger partial charge on any atom is -0.298 e. The van der Waals surface area contributed by atoms with Gasteiger partial charge in [-0.1, -0.05) is 18.2 Å². The van der Waals surface area contributed by atoms with Crippen molar-refractivity contribution in [3.8, 4) is 0 Å². The highest BCUT2D eigenvalue weighted by Gasteiger charge is 1.94. The number of hydrogen-bond donors (Lipinski definition) is 0. The smallest absolute Gasteiger partial charge is 0.215 e. The first kappa shape index (κ1) is 11.4. The third kappa shape index (κ3) is 4.76. The fraction of sp³-hybridized carbons (Fsp3) is 0. The standard InChI is InChI=1S/C6H6ClOPS.ClH/c7-9(8)10-6-4-2-1-3-5-6;/h1-5,9H;1H. The lowest BCUT2D eigenvalue weighted by Gasteiger charge is -1.92. The van der Waals surface area contributed by atoms with Crippen molar-refractivity contribution in [3.05, 3.63) is 30.3 Å². The fourth-order valence-electron chi connectivity index (χ4n) is 0.581.